The van der Waals surface area contributed by atoms with Crippen LogP contribution in [-0.2, 0) is 11.3 Å². The first-order valence-electron chi connectivity index (χ1n) is 9.61. The van der Waals surface area contributed by atoms with E-state index in [0.29, 0.717) is 36.3 Å². The van der Waals surface area contributed by atoms with Crippen LogP contribution in [0, 0.1) is 11.7 Å². The van der Waals surface area contributed by atoms with Crippen LogP contribution < -0.4 is 5.56 Å². The lowest BCUT2D eigenvalue weighted by molar-refractivity contribution is -0.132. The van der Waals surface area contributed by atoms with Crippen LogP contribution in [0.1, 0.15) is 32.6 Å². The standard InChI is InChI=1S/C21H24FN3O2/c1-15-8-12-23(13-9-15)20(26)5-3-11-25-19-14-16(22)6-7-17(19)24-10-2-4-18(24)21(25)27/h2,4,6-7,10,14-15H,3,5,8-9,11-13H2,1H3. The molecule has 1 aliphatic rings. The molecular formula is C21H24FN3O2. The second kappa shape index (κ2) is 7.18. The number of benzene rings is 1. The van der Waals surface area contributed by atoms with E-state index in [9.17, 15) is 14.0 Å². The molecule has 3 heterocycles. The quantitative estimate of drug-likeness (QED) is 0.707. The van der Waals surface area contributed by atoms with Crippen LogP contribution >= 0.6 is 0 Å². The number of aromatic nitrogens is 2. The van der Waals surface area contributed by atoms with Gasteiger partial charge in [-0.05, 0) is 55.5 Å². The number of likely N-dealkylation sites (tertiary alicyclic amines) is 1. The highest BCUT2D eigenvalue weighted by Crippen LogP contribution is 2.19. The van der Waals surface area contributed by atoms with Crippen LogP contribution in [0.15, 0.2) is 41.3 Å². The van der Waals surface area contributed by atoms with Crippen LogP contribution in [0.2, 0.25) is 0 Å². The summed E-state index contributed by atoms with van der Waals surface area (Å²) < 4.78 is 17.2. The van der Waals surface area contributed by atoms with Crippen molar-refractivity contribution in [3.05, 3.63) is 52.7 Å². The molecule has 3 aromatic rings. The first-order chi connectivity index (χ1) is 13.0. The SMILES string of the molecule is CC1CCN(C(=O)CCCn2c(=O)c3cccn3c3ccc(F)cc32)CC1. The van der Waals surface area contributed by atoms with Gasteiger partial charge in [0, 0.05) is 32.3 Å². The predicted molar refractivity (Wildman–Crippen MR) is 103 cm³/mol. The summed E-state index contributed by atoms with van der Waals surface area (Å²) in [6, 6.07) is 8.06. The third kappa shape index (κ3) is 3.36. The summed E-state index contributed by atoms with van der Waals surface area (Å²) in [5.74, 6) is 0.456. The summed E-state index contributed by atoms with van der Waals surface area (Å²) in [6.07, 6.45) is 4.89. The monoisotopic (exact) mass is 369 g/mol. The maximum Gasteiger partial charge on any atom is 0.275 e. The molecule has 5 nitrogen and oxygen atoms in total. The number of amides is 1. The van der Waals surface area contributed by atoms with Crippen molar-refractivity contribution < 1.29 is 9.18 Å². The molecule has 4 rings (SSSR count). The number of nitrogens with zero attached hydrogens (tertiary/aromatic N) is 3. The predicted octanol–water partition coefficient (Wildman–Crippen LogP) is 3.43. The molecule has 1 amide bonds. The first-order valence-corrected chi connectivity index (χ1v) is 9.61. The molecule has 6 heteroatoms. The highest BCUT2D eigenvalue weighted by Gasteiger charge is 2.20. The Morgan fingerprint density at radius 1 is 1.15 bits per heavy atom. The Labute approximate surface area is 157 Å². The molecule has 142 valence electrons. The minimum absolute atomic E-state index is 0.147. The van der Waals surface area contributed by atoms with Crippen molar-refractivity contribution in [2.24, 2.45) is 5.92 Å². The number of hydrogen-bond donors (Lipinski definition) is 0. The minimum atomic E-state index is -0.374. The molecule has 1 aliphatic heterocycles. The Hall–Kier alpha value is -2.63. The number of fused-ring (bicyclic) bond motifs is 3. The average Bonchev–Trinajstić information content (AvgIpc) is 3.15. The van der Waals surface area contributed by atoms with E-state index in [4.69, 9.17) is 0 Å². The zero-order valence-corrected chi connectivity index (χ0v) is 15.5. The van der Waals surface area contributed by atoms with Crippen molar-refractivity contribution in [1.29, 1.82) is 0 Å². The molecule has 0 radical (unpaired) electrons. The van der Waals surface area contributed by atoms with Crippen molar-refractivity contribution in [2.45, 2.75) is 39.2 Å². The number of carbonyl (C=O) groups excluding carboxylic acids is 1. The van der Waals surface area contributed by atoms with Crippen LogP contribution in [0.4, 0.5) is 4.39 Å². The number of piperidine rings is 1. The second-order valence-electron chi connectivity index (χ2n) is 7.52. The van der Waals surface area contributed by atoms with Gasteiger partial charge >= 0.3 is 0 Å². The van der Waals surface area contributed by atoms with E-state index in [2.05, 4.69) is 6.92 Å². The third-order valence-corrected chi connectivity index (χ3v) is 5.61. The molecule has 0 saturated carbocycles. The van der Waals surface area contributed by atoms with E-state index in [1.807, 2.05) is 17.2 Å². The van der Waals surface area contributed by atoms with Crippen LogP contribution in [-0.4, -0.2) is 32.9 Å². The summed E-state index contributed by atoms with van der Waals surface area (Å²) in [4.78, 5) is 27.2. The minimum Gasteiger partial charge on any atom is -0.343 e. The van der Waals surface area contributed by atoms with Crippen molar-refractivity contribution in [3.8, 4) is 0 Å². The highest BCUT2D eigenvalue weighted by molar-refractivity contribution is 5.79. The molecule has 0 aliphatic carbocycles. The van der Waals surface area contributed by atoms with E-state index in [1.54, 1.807) is 21.1 Å². The largest absolute Gasteiger partial charge is 0.343 e. The molecule has 0 atom stereocenters. The zero-order chi connectivity index (χ0) is 19.0. The van der Waals surface area contributed by atoms with Gasteiger partial charge in [0.15, 0.2) is 0 Å². The van der Waals surface area contributed by atoms with E-state index in [0.717, 1.165) is 31.4 Å². The Balaban J connectivity index is 1.56. The van der Waals surface area contributed by atoms with Crippen LogP contribution in [0.25, 0.3) is 16.6 Å². The molecule has 2 aromatic heterocycles. The van der Waals surface area contributed by atoms with Gasteiger partial charge in [0.25, 0.3) is 5.56 Å². The van der Waals surface area contributed by atoms with Gasteiger partial charge in [-0.3, -0.25) is 9.59 Å². The molecule has 1 fully saturated rings. The number of hydrogen-bond acceptors (Lipinski definition) is 2. The third-order valence-electron chi connectivity index (χ3n) is 5.61. The Kier molecular flexibility index (Phi) is 4.72. The summed E-state index contributed by atoms with van der Waals surface area (Å²) in [6.45, 7) is 4.26. The topological polar surface area (TPSA) is 46.7 Å². The Bertz CT molecular complexity index is 1040. The lowest BCUT2D eigenvalue weighted by atomic mass is 9.99. The van der Waals surface area contributed by atoms with Gasteiger partial charge in [0.1, 0.15) is 11.3 Å². The van der Waals surface area contributed by atoms with Gasteiger partial charge in [0.05, 0.1) is 11.0 Å². The fourth-order valence-corrected chi connectivity index (χ4v) is 3.96. The van der Waals surface area contributed by atoms with E-state index in [-0.39, 0.29) is 17.3 Å². The van der Waals surface area contributed by atoms with Gasteiger partial charge in [-0.25, -0.2) is 4.39 Å². The lowest BCUT2D eigenvalue weighted by Gasteiger charge is -2.30. The summed E-state index contributed by atoms with van der Waals surface area (Å²) >= 11 is 0. The maximum absolute atomic E-state index is 13.8. The van der Waals surface area contributed by atoms with Crippen molar-refractivity contribution in [2.75, 3.05) is 13.1 Å². The summed E-state index contributed by atoms with van der Waals surface area (Å²) in [5.41, 5.74) is 1.75. The molecule has 1 aromatic carbocycles. The number of aryl methyl sites for hydroxylation is 1. The number of carbonyl (C=O) groups is 1. The fourth-order valence-electron chi connectivity index (χ4n) is 3.96. The molecule has 0 unspecified atom stereocenters. The van der Waals surface area contributed by atoms with Gasteiger partial charge < -0.3 is 13.9 Å². The molecule has 0 spiro atoms. The fraction of sp³-hybridized carbons (Fsp3) is 0.429. The number of rotatable bonds is 4. The molecule has 27 heavy (non-hydrogen) atoms. The van der Waals surface area contributed by atoms with E-state index < -0.39 is 0 Å². The second-order valence-corrected chi connectivity index (χ2v) is 7.52. The summed E-state index contributed by atoms with van der Waals surface area (Å²) in [5, 5.41) is 0. The molecule has 0 bridgehead atoms. The van der Waals surface area contributed by atoms with Crippen LogP contribution in [0.3, 0.4) is 0 Å². The Morgan fingerprint density at radius 3 is 2.70 bits per heavy atom. The van der Waals surface area contributed by atoms with Gasteiger partial charge in [0.2, 0.25) is 5.91 Å². The molecule has 0 N–H and O–H groups in total. The van der Waals surface area contributed by atoms with Gasteiger partial charge in [-0.15, -0.1) is 0 Å². The maximum atomic E-state index is 13.8. The van der Waals surface area contributed by atoms with Crippen LogP contribution in [0.5, 0.6) is 0 Å². The van der Waals surface area contributed by atoms with Crippen molar-refractivity contribution in [1.82, 2.24) is 13.9 Å². The zero-order valence-electron chi connectivity index (χ0n) is 15.5. The van der Waals surface area contributed by atoms with Crippen molar-refractivity contribution >= 4 is 22.5 Å². The summed E-state index contributed by atoms with van der Waals surface area (Å²) in [7, 11) is 0. The smallest absolute Gasteiger partial charge is 0.275 e. The lowest BCUT2D eigenvalue weighted by Crippen LogP contribution is -2.38. The van der Waals surface area contributed by atoms with E-state index in [1.165, 1.54) is 12.1 Å². The highest BCUT2D eigenvalue weighted by atomic mass is 19.1. The molecule has 1 saturated heterocycles. The van der Waals surface area contributed by atoms with E-state index >= 15 is 0 Å². The number of halogens is 1. The Morgan fingerprint density at radius 2 is 1.93 bits per heavy atom. The average molecular weight is 369 g/mol. The van der Waals surface area contributed by atoms with Gasteiger partial charge in [-0.1, -0.05) is 6.92 Å². The van der Waals surface area contributed by atoms with Crippen molar-refractivity contribution in [3.63, 3.8) is 0 Å². The molecular weight excluding hydrogens is 345 g/mol. The van der Waals surface area contributed by atoms with Gasteiger partial charge in [-0.2, -0.15) is 0 Å². The normalized spacial score (nSPS) is 15.7. The first kappa shape index (κ1) is 17.8.